The highest BCUT2D eigenvalue weighted by Gasteiger charge is 2.34. The summed E-state index contributed by atoms with van der Waals surface area (Å²) in [6, 6.07) is 7.63. The van der Waals surface area contributed by atoms with Crippen molar-refractivity contribution in [2.24, 2.45) is 0 Å². The predicted octanol–water partition coefficient (Wildman–Crippen LogP) is 2.48. The maximum absolute atomic E-state index is 11.9. The van der Waals surface area contributed by atoms with Crippen LogP contribution in [0.3, 0.4) is 0 Å². The third-order valence-electron chi connectivity index (χ3n) is 2.75. The lowest BCUT2D eigenvalue weighted by atomic mass is 9.99. The Morgan fingerprint density at radius 2 is 2.24 bits per heavy atom. The molecule has 1 N–H and O–H groups in total. The lowest BCUT2D eigenvalue weighted by Gasteiger charge is -2.03. The number of hydrogen-bond acceptors (Lipinski definition) is 4. The number of nitrogens with one attached hydrogen (secondary N) is 1. The molecule has 1 aliphatic rings. The summed E-state index contributed by atoms with van der Waals surface area (Å²) in [6.45, 7) is 0. The summed E-state index contributed by atoms with van der Waals surface area (Å²) >= 11 is 1.42. The summed E-state index contributed by atoms with van der Waals surface area (Å²) in [5.41, 5.74) is 1.80. The van der Waals surface area contributed by atoms with E-state index >= 15 is 0 Å². The monoisotopic (exact) mass is 246 g/mol. The van der Waals surface area contributed by atoms with E-state index in [2.05, 4.69) is 10.3 Å². The number of carbonyl (C=O) groups is 1. The van der Waals surface area contributed by atoms with Crippen molar-refractivity contribution >= 4 is 23.4 Å². The van der Waals surface area contributed by atoms with Crippen LogP contribution in [0.15, 0.2) is 40.1 Å². The Kier molecular flexibility index (Phi) is 2.40. The lowest BCUT2D eigenvalue weighted by Crippen LogP contribution is -2.12. The molecule has 5 heteroatoms. The fraction of sp³-hybridized carbons (Fsp3) is 0.167. The number of nitrogens with zero attached hydrogens (tertiary/aromatic N) is 1. The zero-order valence-electron chi connectivity index (χ0n) is 9.14. The quantitative estimate of drug-likeness (QED) is 0.827. The molecule has 17 heavy (non-hydrogen) atoms. The number of benzene rings is 1. The van der Waals surface area contributed by atoms with Crippen LogP contribution >= 0.6 is 11.8 Å². The van der Waals surface area contributed by atoms with Crippen molar-refractivity contribution in [2.75, 3.05) is 11.6 Å². The number of anilines is 1. The van der Waals surface area contributed by atoms with Crippen LogP contribution in [-0.2, 0) is 4.79 Å². The maximum atomic E-state index is 11.9. The smallest absolute Gasteiger partial charge is 0.255 e. The van der Waals surface area contributed by atoms with Gasteiger partial charge in [-0.2, -0.15) is 0 Å². The molecular formula is C12H10N2O2S. The first kappa shape index (κ1) is 10.4. The minimum Gasteiger partial charge on any atom is -0.435 e. The molecule has 1 unspecified atom stereocenters. The van der Waals surface area contributed by atoms with Gasteiger partial charge in [0.25, 0.3) is 5.22 Å². The van der Waals surface area contributed by atoms with Crippen molar-refractivity contribution in [1.29, 1.82) is 0 Å². The van der Waals surface area contributed by atoms with Crippen LogP contribution in [-0.4, -0.2) is 17.1 Å². The highest BCUT2D eigenvalue weighted by Crippen LogP contribution is 2.37. The molecule has 1 atom stereocenters. The number of thioether (sulfide) groups is 1. The first-order chi connectivity index (χ1) is 8.29. The van der Waals surface area contributed by atoms with Crippen LogP contribution in [0, 0.1) is 0 Å². The van der Waals surface area contributed by atoms with Gasteiger partial charge in [0.1, 0.15) is 11.7 Å². The molecule has 1 aromatic carbocycles. The third-order valence-corrected chi connectivity index (χ3v) is 3.29. The number of para-hydroxylation sites is 1. The van der Waals surface area contributed by atoms with E-state index in [1.54, 1.807) is 6.20 Å². The SMILES string of the molecule is CSc1ncc(C2C(=O)Nc3ccccc32)o1. The fourth-order valence-corrected chi connectivity index (χ4v) is 2.33. The molecule has 4 nitrogen and oxygen atoms in total. The van der Waals surface area contributed by atoms with Gasteiger partial charge in [-0.1, -0.05) is 30.0 Å². The average molecular weight is 246 g/mol. The molecule has 3 rings (SSSR count). The van der Waals surface area contributed by atoms with Gasteiger partial charge in [0.2, 0.25) is 5.91 Å². The Bertz CT molecular complexity index is 579. The Morgan fingerprint density at radius 1 is 1.41 bits per heavy atom. The Balaban J connectivity index is 2.06. The number of oxazole rings is 1. The molecule has 0 fully saturated rings. The lowest BCUT2D eigenvalue weighted by molar-refractivity contribution is -0.116. The van der Waals surface area contributed by atoms with Crippen molar-refractivity contribution in [3.05, 3.63) is 41.8 Å². The van der Waals surface area contributed by atoms with Crippen LogP contribution in [0.4, 0.5) is 5.69 Å². The van der Waals surface area contributed by atoms with Crippen molar-refractivity contribution in [1.82, 2.24) is 4.98 Å². The normalized spacial score (nSPS) is 17.9. The van der Waals surface area contributed by atoms with E-state index < -0.39 is 0 Å². The molecule has 1 aromatic heterocycles. The highest BCUT2D eigenvalue weighted by atomic mass is 32.2. The van der Waals surface area contributed by atoms with Crippen LogP contribution in [0.25, 0.3) is 0 Å². The van der Waals surface area contributed by atoms with Crippen LogP contribution in [0.2, 0.25) is 0 Å². The molecule has 0 saturated heterocycles. The standard InChI is InChI=1S/C12H10N2O2S/c1-17-12-13-6-9(16-12)10-7-4-2-3-5-8(7)14-11(10)15/h2-6,10H,1H3,(H,14,15). The van der Waals surface area contributed by atoms with E-state index in [1.165, 1.54) is 11.8 Å². The molecule has 0 saturated carbocycles. The first-order valence-electron chi connectivity index (χ1n) is 5.19. The maximum Gasteiger partial charge on any atom is 0.255 e. The van der Waals surface area contributed by atoms with Gasteiger partial charge >= 0.3 is 0 Å². The number of amides is 1. The Labute approximate surface area is 102 Å². The number of fused-ring (bicyclic) bond motifs is 1. The predicted molar refractivity (Wildman–Crippen MR) is 65.2 cm³/mol. The average Bonchev–Trinajstić information content (AvgIpc) is 2.91. The van der Waals surface area contributed by atoms with Crippen molar-refractivity contribution in [3.8, 4) is 0 Å². The number of rotatable bonds is 2. The largest absolute Gasteiger partial charge is 0.435 e. The van der Waals surface area contributed by atoms with Crippen molar-refractivity contribution in [2.45, 2.75) is 11.1 Å². The molecule has 2 heterocycles. The van der Waals surface area contributed by atoms with Crippen LogP contribution < -0.4 is 5.32 Å². The molecule has 2 aromatic rings. The van der Waals surface area contributed by atoms with Gasteiger partial charge in [0, 0.05) is 5.69 Å². The van der Waals surface area contributed by atoms with Crippen LogP contribution in [0.5, 0.6) is 0 Å². The van der Waals surface area contributed by atoms with Gasteiger partial charge in [0.05, 0.1) is 6.20 Å². The van der Waals surface area contributed by atoms with Gasteiger partial charge in [-0.15, -0.1) is 0 Å². The molecule has 0 bridgehead atoms. The minimum atomic E-state index is -0.375. The summed E-state index contributed by atoms with van der Waals surface area (Å²) in [5.74, 6) is 0.159. The molecular weight excluding hydrogens is 236 g/mol. The summed E-state index contributed by atoms with van der Waals surface area (Å²) in [6.07, 6.45) is 3.51. The second kappa shape index (κ2) is 3.92. The van der Waals surface area contributed by atoms with E-state index in [0.29, 0.717) is 11.0 Å². The summed E-state index contributed by atoms with van der Waals surface area (Å²) < 4.78 is 5.54. The number of aromatic nitrogens is 1. The number of carbonyl (C=O) groups excluding carboxylic acids is 1. The fourth-order valence-electron chi connectivity index (χ4n) is 1.99. The number of hydrogen-bond donors (Lipinski definition) is 1. The van der Waals surface area contributed by atoms with Gasteiger partial charge < -0.3 is 9.73 Å². The topological polar surface area (TPSA) is 55.1 Å². The van der Waals surface area contributed by atoms with Gasteiger partial charge in [-0.3, -0.25) is 4.79 Å². The van der Waals surface area contributed by atoms with E-state index in [1.807, 2.05) is 30.5 Å². The molecule has 0 aliphatic carbocycles. The third kappa shape index (κ3) is 1.63. The molecule has 0 radical (unpaired) electrons. The first-order valence-corrected chi connectivity index (χ1v) is 6.41. The van der Waals surface area contributed by atoms with Crippen molar-refractivity contribution < 1.29 is 9.21 Å². The zero-order valence-corrected chi connectivity index (χ0v) is 9.95. The van der Waals surface area contributed by atoms with Gasteiger partial charge in [-0.25, -0.2) is 4.98 Å². The zero-order chi connectivity index (χ0) is 11.8. The van der Waals surface area contributed by atoms with Crippen molar-refractivity contribution in [3.63, 3.8) is 0 Å². The molecule has 1 aliphatic heterocycles. The summed E-state index contributed by atoms with van der Waals surface area (Å²) in [7, 11) is 0. The molecule has 0 spiro atoms. The van der Waals surface area contributed by atoms with Gasteiger partial charge in [0.15, 0.2) is 0 Å². The highest BCUT2D eigenvalue weighted by molar-refractivity contribution is 7.98. The van der Waals surface area contributed by atoms with E-state index in [0.717, 1.165) is 11.3 Å². The molecule has 86 valence electrons. The summed E-state index contributed by atoms with van der Waals surface area (Å²) in [4.78, 5) is 16.0. The second-order valence-corrected chi connectivity index (χ2v) is 4.50. The minimum absolute atomic E-state index is 0.0602. The Morgan fingerprint density at radius 3 is 3.00 bits per heavy atom. The summed E-state index contributed by atoms with van der Waals surface area (Å²) in [5, 5.41) is 3.42. The molecule has 1 amide bonds. The van der Waals surface area contributed by atoms with E-state index in [4.69, 9.17) is 4.42 Å². The second-order valence-electron chi connectivity index (χ2n) is 3.74. The van der Waals surface area contributed by atoms with E-state index in [-0.39, 0.29) is 11.8 Å². The Hall–Kier alpha value is -1.75. The van der Waals surface area contributed by atoms with Crippen LogP contribution in [0.1, 0.15) is 17.2 Å². The van der Waals surface area contributed by atoms with E-state index in [9.17, 15) is 4.79 Å². The van der Waals surface area contributed by atoms with Gasteiger partial charge in [-0.05, 0) is 17.9 Å².